The lowest BCUT2D eigenvalue weighted by molar-refractivity contribution is 0.0903. The van der Waals surface area contributed by atoms with E-state index in [0.717, 1.165) is 0 Å². The molecule has 0 aliphatic carbocycles. The molecule has 0 aromatic heterocycles. The molecule has 0 saturated heterocycles. The molecule has 80 valence electrons. The Labute approximate surface area is 89.0 Å². The van der Waals surface area contributed by atoms with Crippen molar-refractivity contribution in [2.45, 2.75) is 6.92 Å². The second kappa shape index (κ2) is 5.98. The zero-order valence-corrected chi connectivity index (χ0v) is 8.64. The average molecular weight is 206 g/mol. The van der Waals surface area contributed by atoms with Crippen LogP contribution in [0.2, 0.25) is 0 Å². The van der Waals surface area contributed by atoms with Crippen molar-refractivity contribution in [3.63, 3.8) is 0 Å². The van der Waals surface area contributed by atoms with E-state index in [1.807, 2.05) is 19.1 Å². The first-order chi connectivity index (χ1) is 7.27. The fourth-order valence-corrected chi connectivity index (χ4v) is 1.07. The summed E-state index contributed by atoms with van der Waals surface area (Å²) in [4.78, 5) is 11.1. The minimum Gasteiger partial charge on any atom is -0.490 e. The number of hydrogen-bond acceptors (Lipinski definition) is 3. The van der Waals surface area contributed by atoms with E-state index in [1.165, 1.54) is 0 Å². The molecule has 0 aliphatic heterocycles. The summed E-state index contributed by atoms with van der Waals surface area (Å²) in [5, 5.41) is 8.64. The van der Waals surface area contributed by atoms with Crippen LogP contribution in [0.4, 0.5) is 0 Å². The van der Waals surface area contributed by atoms with Crippen molar-refractivity contribution in [1.29, 1.82) is 0 Å². The molecule has 0 unspecified atom stereocenters. The summed E-state index contributed by atoms with van der Waals surface area (Å²) in [5.41, 5.74) is 0.496. The van der Waals surface area contributed by atoms with Crippen molar-refractivity contribution in [3.8, 4) is 5.75 Å². The lowest BCUT2D eigenvalue weighted by atomic mass is 10.1. The van der Waals surface area contributed by atoms with Gasteiger partial charge in [0.2, 0.25) is 0 Å². The van der Waals surface area contributed by atoms with Crippen LogP contribution < -0.4 is 4.74 Å². The number of aliphatic hydroxyl groups is 1. The van der Waals surface area contributed by atoms with Crippen molar-refractivity contribution in [1.82, 2.24) is 0 Å². The molecule has 0 bridgehead atoms. The number of hydrogen-bond donors (Lipinski definition) is 1. The zero-order chi connectivity index (χ0) is 11.1. The first-order valence-electron chi connectivity index (χ1n) is 4.76. The molecular weight excluding hydrogens is 192 g/mol. The zero-order valence-electron chi connectivity index (χ0n) is 8.64. The first kappa shape index (κ1) is 11.5. The molecule has 3 nitrogen and oxygen atoms in total. The van der Waals surface area contributed by atoms with Gasteiger partial charge in [-0.05, 0) is 31.2 Å². The number of ketones is 1. The second-order valence-corrected chi connectivity index (χ2v) is 2.99. The molecule has 3 heteroatoms. The average Bonchev–Trinajstić information content (AvgIpc) is 2.29. The lowest BCUT2D eigenvalue weighted by Gasteiger charge is -2.03. The fourth-order valence-electron chi connectivity index (χ4n) is 1.07. The number of aliphatic hydroxyl groups excluding tert-OH is 1. The highest BCUT2D eigenvalue weighted by Crippen LogP contribution is 2.12. The fraction of sp³-hybridized carbons (Fsp3) is 0.250. The van der Waals surface area contributed by atoms with Crippen LogP contribution in [-0.4, -0.2) is 24.1 Å². The minimum absolute atomic E-state index is 0.282. The van der Waals surface area contributed by atoms with Gasteiger partial charge in [-0.15, -0.1) is 0 Å². The van der Waals surface area contributed by atoms with Gasteiger partial charge in [0.05, 0.1) is 0 Å². The normalized spacial score (nSPS) is 10.5. The number of rotatable bonds is 5. The smallest absolute Gasteiger partial charge is 0.188 e. The molecule has 0 saturated carbocycles. The van der Waals surface area contributed by atoms with E-state index in [1.54, 1.807) is 24.3 Å². The first-order valence-corrected chi connectivity index (χ1v) is 4.76. The van der Waals surface area contributed by atoms with E-state index in [9.17, 15) is 4.79 Å². The Morgan fingerprint density at radius 1 is 1.40 bits per heavy atom. The summed E-state index contributed by atoms with van der Waals surface area (Å²) in [6.07, 6.45) is 3.80. The SMILES string of the molecule is CC=CCOc1ccc(C(=O)CO)cc1. The van der Waals surface area contributed by atoms with Gasteiger partial charge in [-0.1, -0.05) is 12.2 Å². The molecule has 0 radical (unpaired) electrons. The van der Waals surface area contributed by atoms with Gasteiger partial charge in [0.1, 0.15) is 19.0 Å². The maximum absolute atomic E-state index is 11.1. The third kappa shape index (κ3) is 3.56. The van der Waals surface area contributed by atoms with Crippen LogP contribution >= 0.6 is 0 Å². The Hall–Kier alpha value is -1.61. The number of benzene rings is 1. The predicted octanol–water partition coefficient (Wildman–Crippen LogP) is 1.82. The minimum atomic E-state index is -0.460. The molecule has 0 amide bonds. The number of allylic oxidation sites excluding steroid dienone is 1. The number of ether oxygens (including phenoxy) is 1. The second-order valence-electron chi connectivity index (χ2n) is 2.99. The van der Waals surface area contributed by atoms with Gasteiger partial charge in [-0.2, -0.15) is 0 Å². The standard InChI is InChI=1S/C12H14O3/c1-2-3-8-15-11-6-4-10(5-7-11)12(14)9-13/h2-7,13H,8-9H2,1H3. The quantitative estimate of drug-likeness (QED) is 0.590. The molecular formula is C12H14O3. The van der Waals surface area contributed by atoms with Crippen molar-refractivity contribution in [2.24, 2.45) is 0 Å². The number of Topliss-reactive ketones (excluding diaryl/α,β-unsaturated/α-hetero) is 1. The van der Waals surface area contributed by atoms with Crippen LogP contribution in [0.25, 0.3) is 0 Å². The van der Waals surface area contributed by atoms with Crippen LogP contribution in [0.5, 0.6) is 5.75 Å². The molecule has 0 fully saturated rings. The molecule has 1 aromatic rings. The van der Waals surface area contributed by atoms with Crippen molar-refractivity contribution < 1.29 is 14.6 Å². The van der Waals surface area contributed by atoms with Crippen LogP contribution in [0, 0.1) is 0 Å². The summed E-state index contributed by atoms with van der Waals surface area (Å²) in [7, 11) is 0. The van der Waals surface area contributed by atoms with Gasteiger partial charge in [-0.3, -0.25) is 4.79 Å². The Morgan fingerprint density at radius 2 is 2.07 bits per heavy atom. The van der Waals surface area contributed by atoms with Crippen LogP contribution in [0.15, 0.2) is 36.4 Å². The van der Waals surface area contributed by atoms with E-state index >= 15 is 0 Å². The van der Waals surface area contributed by atoms with E-state index in [2.05, 4.69) is 0 Å². The van der Waals surface area contributed by atoms with Gasteiger partial charge in [-0.25, -0.2) is 0 Å². The Kier molecular flexibility index (Phi) is 4.57. The molecule has 1 N–H and O–H groups in total. The lowest BCUT2D eigenvalue weighted by Crippen LogP contribution is -2.03. The molecule has 0 spiro atoms. The summed E-state index contributed by atoms with van der Waals surface area (Å²) in [5.74, 6) is 0.428. The van der Waals surface area contributed by atoms with Gasteiger partial charge >= 0.3 is 0 Å². The summed E-state index contributed by atoms with van der Waals surface area (Å²) >= 11 is 0. The molecule has 0 heterocycles. The predicted molar refractivity (Wildman–Crippen MR) is 58.2 cm³/mol. The maximum atomic E-state index is 11.1. The highest BCUT2D eigenvalue weighted by atomic mass is 16.5. The molecule has 1 aromatic carbocycles. The highest BCUT2D eigenvalue weighted by Gasteiger charge is 2.02. The summed E-state index contributed by atoms with van der Waals surface area (Å²) in [6.45, 7) is 1.98. The Bertz CT molecular complexity index is 338. The van der Waals surface area contributed by atoms with Crippen LogP contribution in [0.1, 0.15) is 17.3 Å². The molecule has 15 heavy (non-hydrogen) atoms. The topological polar surface area (TPSA) is 46.5 Å². The van der Waals surface area contributed by atoms with Crippen molar-refractivity contribution >= 4 is 5.78 Å². The molecule has 0 aliphatic rings. The maximum Gasteiger partial charge on any atom is 0.188 e. The van der Waals surface area contributed by atoms with Gasteiger partial charge in [0.15, 0.2) is 5.78 Å². The van der Waals surface area contributed by atoms with Crippen molar-refractivity contribution in [3.05, 3.63) is 42.0 Å². The highest BCUT2D eigenvalue weighted by molar-refractivity contribution is 5.96. The van der Waals surface area contributed by atoms with Gasteiger partial charge in [0, 0.05) is 5.56 Å². The monoisotopic (exact) mass is 206 g/mol. The van der Waals surface area contributed by atoms with Gasteiger partial charge < -0.3 is 9.84 Å². The summed E-state index contributed by atoms with van der Waals surface area (Å²) < 4.78 is 5.35. The largest absolute Gasteiger partial charge is 0.490 e. The summed E-state index contributed by atoms with van der Waals surface area (Å²) in [6, 6.07) is 6.71. The molecule has 0 atom stereocenters. The Morgan fingerprint density at radius 3 is 2.60 bits per heavy atom. The third-order valence-corrected chi connectivity index (χ3v) is 1.90. The number of carbonyl (C=O) groups is 1. The van der Waals surface area contributed by atoms with Crippen LogP contribution in [0.3, 0.4) is 0 Å². The van der Waals surface area contributed by atoms with Crippen LogP contribution in [-0.2, 0) is 0 Å². The van der Waals surface area contributed by atoms with Gasteiger partial charge in [0.25, 0.3) is 0 Å². The van der Waals surface area contributed by atoms with Crippen molar-refractivity contribution in [2.75, 3.05) is 13.2 Å². The van der Waals surface area contributed by atoms with E-state index in [0.29, 0.717) is 17.9 Å². The molecule has 1 rings (SSSR count). The Balaban J connectivity index is 2.60. The number of carbonyl (C=O) groups excluding carboxylic acids is 1. The van der Waals surface area contributed by atoms with E-state index in [-0.39, 0.29) is 5.78 Å². The third-order valence-electron chi connectivity index (χ3n) is 1.90. The van der Waals surface area contributed by atoms with E-state index < -0.39 is 6.61 Å². The van der Waals surface area contributed by atoms with E-state index in [4.69, 9.17) is 9.84 Å².